The maximum absolute atomic E-state index is 11.7. The van der Waals surface area contributed by atoms with Crippen molar-refractivity contribution in [2.75, 3.05) is 12.4 Å². The van der Waals surface area contributed by atoms with E-state index in [2.05, 4.69) is 10.9 Å². The van der Waals surface area contributed by atoms with Crippen LogP contribution >= 0.6 is 23.4 Å². The van der Waals surface area contributed by atoms with E-state index in [1.165, 1.54) is 11.8 Å². The second-order valence-corrected chi connectivity index (χ2v) is 7.09. The number of amides is 2. The number of ether oxygens (including phenoxy) is 1. The molecule has 2 amide bonds. The van der Waals surface area contributed by atoms with Crippen LogP contribution in [-0.2, 0) is 9.59 Å². The van der Waals surface area contributed by atoms with Crippen LogP contribution in [0.4, 0.5) is 0 Å². The SMILES string of the molecule is Cc1cccc(OCCCC(=O)NNC(=O)CSc2ccc(Cl)cc2)c1. The molecule has 0 fully saturated rings. The van der Waals surface area contributed by atoms with Gasteiger partial charge in [-0.3, -0.25) is 20.4 Å². The number of hydrazine groups is 1. The van der Waals surface area contributed by atoms with Crippen molar-refractivity contribution in [3.63, 3.8) is 0 Å². The van der Waals surface area contributed by atoms with Gasteiger partial charge in [-0.25, -0.2) is 0 Å². The zero-order valence-electron chi connectivity index (χ0n) is 14.5. The van der Waals surface area contributed by atoms with Gasteiger partial charge in [0.25, 0.3) is 0 Å². The van der Waals surface area contributed by atoms with Crippen molar-refractivity contribution in [2.24, 2.45) is 0 Å². The highest BCUT2D eigenvalue weighted by molar-refractivity contribution is 8.00. The van der Waals surface area contributed by atoms with E-state index in [-0.39, 0.29) is 24.0 Å². The number of carbonyl (C=O) groups excluding carboxylic acids is 2. The van der Waals surface area contributed by atoms with Gasteiger partial charge in [0.1, 0.15) is 5.75 Å². The fourth-order valence-corrected chi connectivity index (χ4v) is 2.87. The van der Waals surface area contributed by atoms with E-state index in [0.29, 0.717) is 18.1 Å². The zero-order chi connectivity index (χ0) is 18.8. The summed E-state index contributed by atoms with van der Waals surface area (Å²) >= 11 is 7.17. The quantitative estimate of drug-likeness (QED) is 0.408. The molecule has 0 aliphatic heterocycles. The first-order valence-corrected chi connectivity index (χ1v) is 9.55. The molecule has 0 unspecified atom stereocenters. The van der Waals surface area contributed by atoms with Gasteiger partial charge in [0.15, 0.2) is 0 Å². The summed E-state index contributed by atoms with van der Waals surface area (Å²) < 4.78 is 5.58. The fraction of sp³-hybridized carbons (Fsp3) is 0.263. The Morgan fingerprint density at radius 3 is 2.54 bits per heavy atom. The molecule has 7 heteroatoms. The van der Waals surface area contributed by atoms with Crippen molar-refractivity contribution < 1.29 is 14.3 Å². The summed E-state index contributed by atoms with van der Waals surface area (Å²) in [6.45, 7) is 2.44. The number of hydrogen-bond donors (Lipinski definition) is 2. The van der Waals surface area contributed by atoms with Gasteiger partial charge in [-0.1, -0.05) is 23.7 Å². The number of thioether (sulfide) groups is 1. The number of halogens is 1. The van der Waals surface area contributed by atoms with E-state index in [4.69, 9.17) is 16.3 Å². The maximum Gasteiger partial charge on any atom is 0.248 e. The minimum Gasteiger partial charge on any atom is -0.494 e. The first kappa shape index (κ1) is 20.1. The largest absolute Gasteiger partial charge is 0.494 e. The lowest BCUT2D eigenvalue weighted by molar-refractivity contribution is -0.127. The van der Waals surface area contributed by atoms with Crippen LogP contribution in [0.1, 0.15) is 18.4 Å². The van der Waals surface area contributed by atoms with Gasteiger partial charge in [0.2, 0.25) is 11.8 Å². The van der Waals surface area contributed by atoms with Gasteiger partial charge in [0, 0.05) is 16.3 Å². The average molecular weight is 393 g/mol. The summed E-state index contributed by atoms with van der Waals surface area (Å²) in [6.07, 6.45) is 0.839. The number of nitrogens with one attached hydrogen (secondary N) is 2. The van der Waals surface area contributed by atoms with Gasteiger partial charge in [-0.05, 0) is 55.3 Å². The Morgan fingerprint density at radius 1 is 1.08 bits per heavy atom. The number of hydrogen-bond acceptors (Lipinski definition) is 4. The average Bonchev–Trinajstić information content (AvgIpc) is 2.63. The molecule has 0 saturated carbocycles. The summed E-state index contributed by atoms with van der Waals surface area (Å²) in [5.41, 5.74) is 5.94. The van der Waals surface area contributed by atoms with Crippen LogP contribution in [0.2, 0.25) is 5.02 Å². The number of rotatable bonds is 8. The Bertz CT molecular complexity index is 738. The van der Waals surface area contributed by atoms with Crippen molar-refractivity contribution in [3.05, 3.63) is 59.1 Å². The smallest absolute Gasteiger partial charge is 0.248 e. The zero-order valence-corrected chi connectivity index (χ0v) is 16.0. The van der Waals surface area contributed by atoms with E-state index in [1.54, 1.807) is 12.1 Å². The normalized spacial score (nSPS) is 10.2. The molecule has 2 aromatic carbocycles. The first-order valence-electron chi connectivity index (χ1n) is 8.18. The van der Waals surface area contributed by atoms with Crippen LogP contribution in [0.3, 0.4) is 0 Å². The monoisotopic (exact) mass is 392 g/mol. The third-order valence-corrected chi connectivity index (χ3v) is 4.60. The van der Waals surface area contributed by atoms with E-state index in [1.807, 2.05) is 43.3 Å². The lowest BCUT2D eigenvalue weighted by Crippen LogP contribution is -2.42. The van der Waals surface area contributed by atoms with Crippen LogP contribution in [0, 0.1) is 6.92 Å². The molecule has 0 saturated heterocycles. The lowest BCUT2D eigenvalue weighted by atomic mass is 10.2. The molecule has 0 aliphatic rings. The van der Waals surface area contributed by atoms with Crippen molar-refractivity contribution in [3.8, 4) is 5.75 Å². The van der Waals surface area contributed by atoms with Crippen molar-refractivity contribution in [2.45, 2.75) is 24.7 Å². The molecule has 0 radical (unpaired) electrons. The second kappa shape index (κ2) is 10.7. The lowest BCUT2D eigenvalue weighted by Gasteiger charge is -2.08. The molecule has 138 valence electrons. The topological polar surface area (TPSA) is 67.4 Å². The van der Waals surface area contributed by atoms with Crippen molar-refractivity contribution in [1.29, 1.82) is 0 Å². The highest BCUT2D eigenvalue weighted by Crippen LogP contribution is 2.19. The minimum atomic E-state index is -0.269. The third-order valence-electron chi connectivity index (χ3n) is 3.33. The summed E-state index contributed by atoms with van der Waals surface area (Å²) in [5, 5.41) is 0.650. The molecule has 2 N–H and O–H groups in total. The number of aryl methyl sites for hydroxylation is 1. The first-order chi connectivity index (χ1) is 12.5. The van der Waals surface area contributed by atoms with E-state index in [9.17, 15) is 9.59 Å². The third kappa shape index (κ3) is 7.80. The molecule has 26 heavy (non-hydrogen) atoms. The molecule has 0 heterocycles. The Morgan fingerprint density at radius 2 is 1.81 bits per heavy atom. The Hall–Kier alpha value is -2.18. The van der Waals surface area contributed by atoms with Crippen LogP contribution in [0.5, 0.6) is 5.75 Å². The van der Waals surface area contributed by atoms with Gasteiger partial charge in [-0.15, -0.1) is 11.8 Å². The molecule has 0 aliphatic carbocycles. The van der Waals surface area contributed by atoms with E-state index >= 15 is 0 Å². The molecule has 0 atom stereocenters. The molecule has 0 bridgehead atoms. The predicted molar refractivity (Wildman–Crippen MR) is 104 cm³/mol. The van der Waals surface area contributed by atoms with Gasteiger partial charge < -0.3 is 4.74 Å². The van der Waals surface area contributed by atoms with Crippen molar-refractivity contribution in [1.82, 2.24) is 10.9 Å². The van der Waals surface area contributed by atoms with Gasteiger partial charge in [0.05, 0.1) is 12.4 Å². The predicted octanol–water partition coefficient (Wildman–Crippen LogP) is 3.75. The molecule has 2 aromatic rings. The van der Waals surface area contributed by atoms with E-state index < -0.39 is 0 Å². The molecular formula is C19H21ClN2O3S. The Labute approximate surface area is 162 Å². The standard InChI is InChI=1S/C19H21ClN2O3S/c1-14-4-2-5-16(12-14)25-11-3-6-18(23)21-22-19(24)13-26-17-9-7-15(20)8-10-17/h2,4-5,7-10,12H,3,6,11,13H2,1H3,(H,21,23)(H,22,24). The highest BCUT2D eigenvalue weighted by Gasteiger charge is 2.06. The van der Waals surface area contributed by atoms with Crippen LogP contribution in [0.25, 0.3) is 0 Å². The Kier molecular flexibility index (Phi) is 8.31. The van der Waals surface area contributed by atoms with Gasteiger partial charge >= 0.3 is 0 Å². The Balaban J connectivity index is 1.56. The summed E-state index contributed by atoms with van der Waals surface area (Å²) in [6, 6.07) is 15.0. The van der Waals surface area contributed by atoms with E-state index in [0.717, 1.165) is 16.2 Å². The molecular weight excluding hydrogens is 372 g/mol. The fourth-order valence-electron chi connectivity index (χ4n) is 2.05. The highest BCUT2D eigenvalue weighted by atomic mass is 35.5. The molecule has 0 spiro atoms. The van der Waals surface area contributed by atoms with Crippen LogP contribution < -0.4 is 15.6 Å². The molecule has 2 rings (SSSR count). The second-order valence-electron chi connectivity index (χ2n) is 5.61. The van der Waals surface area contributed by atoms with Crippen molar-refractivity contribution >= 4 is 35.2 Å². The minimum absolute atomic E-state index is 0.207. The summed E-state index contributed by atoms with van der Waals surface area (Å²) in [7, 11) is 0. The molecule has 5 nitrogen and oxygen atoms in total. The van der Waals surface area contributed by atoms with Gasteiger partial charge in [-0.2, -0.15) is 0 Å². The van der Waals surface area contributed by atoms with Crippen LogP contribution in [-0.4, -0.2) is 24.2 Å². The number of carbonyl (C=O) groups is 2. The summed E-state index contributed by atoms with van der Waals surface area (Å²) in [5.74, 6) is 0.480. The van der Waals surface area contributed by atoms with Crippen LogP contribution in [0.15, 0.2) is 53.4 Å². The maximum atomic E-state index is 11.7. The molecule has 0 aromatic heterocycles. The summed E-state index contributed by atoms with van der Waals surface area (Å²) in [4.78, 5) is 24.4. The number of benzene rings is 2.